The summed E-state index contributed by atoms with van der Waals surface area (Å²) in [4.78, 5) is 0. The van der Waals surface area contributed by atoms with Crippen molar-refractivity contribution in [1.82, 2.24) is 0 Å². The molecule has 0 aliphatic carbocycles. The third-order valence-corrected chi connectivity index (χ3v) is 2.91. The molecule has 0 radical (unpaired) electrons. The van der Waals surface area contributed by atoms with Crippen LogP contribution in [0, 0.1) is 0 Å². The van der Waals surface area contributed by atoms with E-state index in [4.69, 9.17) is 18.9 Å². The van der Waals surface area contributed by atoms with Crippen LogP contribution in [-0.2, 0) is 0 Å². The summed E-state index contributed by atoms with van der Waals surface area (Å²) in [6.45, 7) is 2.86. The highest BCUT2D eigenvalue weighted by Gasteiger charge is 2.14. The fourth-order valence-corrected chi connectivity index (χ4v) is 1.82. The predicted molar refractivity (Wildman–Crippen MR) is 75.7 cm³/mol. The van der Waals surface area contributed by atoms with Crippen LogP contribution in [0.25, 0.3) is 0 Å². The summed E-state index contributed by atoms with van der Waals surface area (Å²) in [6, 6.07) is 3.59. The van der Waals surface area contributed by atoms with E-state index in [1.807, 2.05) is 0 Å². The highest BCUT2D eigenvalue weighted by atomic mass is 16.5. The van der Waals surface area contributed by atoms with E-state index in [0.717, 1.165) is 6.42 Å². The van der Waals surface area contributed by atoms with E-state index in [1.54, 1.807) is 33.5 Å². The lowest BCUT2D eigenvalue weighted by atomic mass is 10.2. The Balaban J connectivity index is 2.73. The predicted octanol–water partition coefficient (Wildman–Crippen LogP) is 3.67. The second-order valence-electron chi connectivity index (χ2n) is 4.27. The normalized spacial score (nSPS) is 10.1. The maximum Gasteiger partial charge on any atom is 0.203 e. The summed E-state index contributed by atoms with van der Waals surface area (Å²) in [5.74, 6) is 2.59. The van der Waals surface area contributed by atoms with Gasteiger partial charge in [-0.2, -0.15) is 0 Å². The molecule has 0 spiro atoms. The van der Waals surface area contributed by atoms with Crippen molar-refractivity contribution in [2.75, 3.05) is 27.9 Å². The maximum atomic E-state index is 5.79. The minimum Gasteiger partial charge on any atom is -0.496 e. The standard InChI is InChI=1S/C15H24O4/c1-5-6-7-8-9-19-15-13(17-3)10-12(16-2)11-14(15)18-4/h10-11H,5-9H2,1-4H3. The van der Waals surface area contributed by atoms with E-state index in [-0.39, 0.29) is 0 Å². The molecule has 0 saturated heterocycles. The molecule has 0 heterocycles. The van der Waals surface area contributed by atoms with E-state index in [0.29, 0.717) is 29.6 Å². The van der Waals surface area contributed by atoms with Crippen LogP contribution in [0.15, 0.2) is 12.1 Å². The zero-order chi connectivity index (χ0) is 14.1. The second-order valence-corrected chi connectivity index (χ2v) is 4.27. The molecular weight excluding hydrogens is 244 g/mol. The number of rotatable bonds is 9. The number of ether oxygens (including phenoxy) is 4. The van der Waals surface area contributed by atoms with Gasteiger partial charge in [0, 0.05) is 12.1 Å². The van der Waals surface area contributed by atoms with Crippen LogP contribution in [0.4, 0.5) is 0 Å². The maximum absolute atomic E-state index is 5.79. The first-order valence-electron chi connectivity index (χ1n) is 6.69. The lowest BCUT2D eigenvalue weighted by molar-refractivity contribution is 0.265. The summed E-state index contributed by atoms with van der Waals surface area (Å²) in [6.07, 6.45) is 4.67. The molecule has 0 saturated carbocycles. The minimum absolute atomic E-state index is 0.631. The third kappa shape index (κ3) is 4.54. The Morgan fingerprint density at radius 3 is 1.95 bits per heavy atom. The van der Waals surface area contributed by atoms with Gasteiger partial charge < -0.3 is 18.9 Å². The molecule has 1 rings (SSSR count). The Labute approximate surface area is 115 Å². The molecule has 0 amide bonds. The Hall–Kier alpha value is -1.58. The van der Waals surface area contributed by atoms with E-state index < -0.39 is 0 Å². The molecule has 0 bridgehead atoms. The summed E-state index contributed by atoms with van der Waals surface area (Å²) in [5.41, 5.74) is 0. The third-order valence-electron chi connectivity index (χ3n) is 2.91. The lowest BCUT2D eigenvalue weighted by Crippen LogP contribution is -2.02. The van der Waals surface area contributed by atoms with Gasteiger partial charge in [0.2, 0.25) is 5.75 Å². The monoisotopic (exact) mass is 268 g/mol. The van der Waals surface area contributed by atoms with Crippen molar-refractivity contribution >= 4 is 0 Å². The molecule has 0 atom stereocenters. The van der Waals surface area contributed by atoms with Crippen LogP contribution in [-0.4, -0.2) is 27.9 Å². The van der Waals surface area contributed by atoms with Crippen LogP contribution in [0.5, 0.6) is 23.0 Å². The largest absolute Gasteiger partial charge is 0.496 e. The van der Waals surface area contributed by atoms with Crippen LogP contribution >= 0.6 is 0 Å². The molecule has 4 heteroatoms. The van der Waals surface area contributed by atoms with Crippen LogP contribution in [0.2, 0.25) is 0 Å². The van der Waals surface area contributed by atoms with Crippen molar-refractivity contribution in [3.8, 4) is 23.0 Å². The van der Waals surface area contributed by atoms with E-state index >= 15 is 0 Å². The molecule has 0 aliphatic heterocycles. The fourth-order valence-electron chi connectivity index (χ4n) is 1.82. The number of unbranched alkanes of at least 4 members (excludes halogenated alkanes) is 3. The molecule has 0 aliphatic rings. The summed E-state index contributed by atoms with van der Waals surface area (Å²) < 4.78 is 21.6. The fraction of sp³-hybridized carbons (Fsp3) is 0.600. The second kappa shape index (κ2) is 8.51. The number of hydrogen-bond acceptors (Lipinski definition) is 4. The van der Waals surface area contributed by atoms with Crippen molar-refractivity contribution in [2.24, 2.45) is 0 Å². The molecule has 1 aromatic rings. The van der Waals surface area contributed by atoms with Crippen LogP contribution in [0.1, 0.15) is 32.6 Å². The first kappa shape index (κ1) is 15.5. The first-order chi connectivity index (χ1) is 9.26. The number of hydrogen-bond donors (Lipinski definition) is 0. The Bertz CT molecular complexity index is 351. The van der Waals surface area contributed by atoms with Gasteiger partial charge >= 0.3 is 0 Å². The minimum atomic E-state index is 0.631. The van der Waals surface area contributed by atoms with Crippen molar-refractivity contribution in [1.29, 1.82) is 0 Å². The average Bonchev–Trinajstić information content (AvgIpc) is 2.46. The van der Waals surface area contributed by atoms with Gasteiger partial charge in [-0.15, -0.1) is 0 Å². The quantitative estimate of drug-likeness (QED) is 0.640. The van der Waals surface area contributed by atoms with Gasteiger partial charge in [-0.1, -0.05) is 26.2 Å². The summed E-state index contributed by atoms with van der Waals surface area (Å²) in [5, 5.41) is 0. The highest BCUT2D eigenvalue weighted by molar-refractivity contribution is 5.55. The summed E-state index contributed by atoms with van der Waals surface area (Å²) >= 11 is 0. The average molecular weight is 268 g/mol. The Kier molecular flexibility index (Phi) is 6.93. The van der Waals surface area contributed by atoms with Gasteiger partial charge in [-0.05, 0) is 6.42 Å². The van der Waals surface area contributed by atoms with Gasteiger partial charge in [-0.25, -0.2) is 0 Å². The molecular formula is C15H24O4. The zero-order valence-corrected chi connectivity index (χ0v) is 12.3. The van der Waals surface area contributed by atoms with Gasteiger partial charge in [0.25, 0.3) is 0 Å². The molecule has 4 nitrogen and oxygen atoms in total. The van der Waals surface area contributed by atoms with E-state index in [1.165, 1.54) is 19.3 Å². The van der Waals surface area contributed by atoms with Crippen molar-refractivity contribution in [3.63, 3.8) is 0 Å². The Morgan fingerprint density at radius 2 is 1.47 bits per heavy atom. The number of benzene rings is 1. The van der Waals surface area contributed by atoms with E-state index in [9.17, 15) is 0 Å². The summed E-state index contributed by atoms with van der Waals surface area (Å²) in [7, 11) is 4.83. The smallest absolute Gasteiger partial charge is 0.203 e. The van der Waals surface area contributed by atoms with Crippen molar-refractivity contribution in [3.05, 3.63) is 12.1 Å². The van der Waals surface area contributed by atoms with Gasteiger partial charge in [0.15, 0.2) is 11.5 Å². The molecule has 0 N–H and O–H groups in total. The molecule has 0 unspecified atom stereocenters. The highest BCUT2D eigenvalue weighted by Crippen LogP contribution is 2.41. The first-order valence-corrected chi connectivity index (χ1v) is 6.69. The molecule has 0 aromatic heterocycles. The molecule has 0 fully saturated rings. The van der Waals surface area contributed by atoms with Crippen molar-refractivity contribution < 1.29 is 18.9 Å². The Morgan fingerprint density at radius 1 is 0.842 bits per heavy atom. The van der Waals surface area contributed by atoms with Gasteiger partial charge in [0.1, 0.15) is 5.75 Å². The van der Waals surface area contributed by atoms with Crippen LogP contribution in [0.3, 0.4) is 0 Å². The molecule has 1 aromatic carbocycles. The molecule has 19 heavy (non-hydrogen) atoms. The van der Waals surface area contributed by atoms with Gasteiger partial charge in [0.05, 0.1) is 27.9 Å². The van der Waals surface area contributed by atoms with Gasteiger partial charge in [-0.3, -0.25) is 0 Å². The SMILES string of the molecule is CCCCCCOc1c(OC)cc(OC)cc1OC. The van der Waals surface area contributed by atoms with Crippen molar-refractivity contribution in [2.45, 2.75) is 32.6 Å². The topological polar surface area (TPSA) is 36.9 Å². The molecule has 108 valence electrons. The van der Waals surface area contributed by atoms with E-state index in [2.05, 4.69) is 6.92 Å². The lowest BCUT2D eigenvalue weighted by Gasteiger charge is -2.15. The zero-order valence-electron chi connectivity index (χ0n) is 12.3. The number of methoxy groups -OCH3 is 3. The van der Waals surface area contributed by atoms with Crippen LogP contribution < -0.4 is 18.9 Å².